The molecule has 0 radical (unpaired) electrons. The van der Waals surface area contributed by atoms with Gasteiger partial charge in [-0.15, -0.1) is 0 Å². The SMILES string of the molecule is COc1ccc(CN2C[C@@H]3CC[C@H](C2)N(CC=C(C)C)C3)cc1C(=O)O. The van der Waals surface area contributed by atoms with Crippen molar-refractivity contribution < 1.29 is 14.6 Å². The normalized spacial score (nSPS) is 23.5. The maximum absolute atomic E-state index is 11.5. The third-order valence-corrected chi connectivity index (χ3v) is 5.54. The predicted molar refractivity (Wildman–Crippen MR) is 103 cm³/mol. The molecule has 3 aliphatic heterocycles. The molecule has 0 unspecified atom stereocenters. The Balaban J connectivity index is 1.71. The molecular formula is C21H30N2O3. The van der Waals surface area contributed by atoms with E-state index in [1.54, 1.807) is 12.1 Å². The van der Waals surface area contributed by atoms with E-state index in [2.05, 4.69) is 29.7 Å². The summed E-state index contributed by atoms with van der Waals surface area (Å²) in [5.41, 5.74) is 2.66. The van der Waals surface area contributed by atoms with E-state index in [9.17, 15) is 9.90 Å². The highest BCUT2D eigenvalue weighted by Crippen LogP contribution is 2.29. The monoisotopic (exact) mass is 358 g/mol. The summed E-state index contributed by atoms with van der Waals surface area (Å²) in [7, 11) is 1.51. The molecule has 1 aromatic rings. The highest BCUT2D eigenvalue weighted by Gasteiger charge is 2.34. The van der Waals surface area contributed by atoms with Gasteiger partial charge in [-0.2, -0.15) is 0 Å². The number of carboxylic acids is 1. The standard InChI is InChI=1S/C21H30N2O3/c1-15(2)8-9-23-13-17-4-6-18(23)14-22(12-17)11-16-5-7-20(26-3)19(10-16)21(24)25/h5,7-8,10,17-18H,4,6,9,11-14H2,1-3H3,(H,24,25)/t17-,18+/m0/s1. The lowest BCUT2D eigenvalue weighted by molar-refractivity contribution is 0.0693. The molecule has 5 heteroatoms. The van der Waals surface area contributed by atoms with Crippen molar-refractivity contribution in [3.8, 4) is 5.75 Å². The number of rotatable bonds is 6. The van der Waals surface area contributed by atoms with Crippen molar-refractivity contribution in [3.63, 3.8) is 0 Å². The summed E-state index contributed by atoms with van der Waals surface area (Å²) in [6, 6.07) is 6.11. The average molecular weight is 358 g/mol. The molecule has 4 rings (SSSR count). The Hall–Kier alpha value is -1.85. The van der Waals surface area contributed by atoms with Crippen molar-refractivity contribution in [3.05, 3.63) is 41.0 Å². The first-order valence-electron chi connectivity index (χ1n) is 9.46. The van der Waals surface area contributed by atoms with E-state index in [-0.39, 0.29) is 5.56 Å². The van der Waals surface area contributed by atoms with Gasteiger partial charge >= 0.3 is 5.97 Å². The molecule has 3 saturated heterocycles. The Bertz CT molecular complexity index is 682. The van der Waals surface area contributed by atoms with E-state index >= 15 is 0 Å². The first-order chi connectivity index (χ1) is 12.5. The number of aromatic carboxylic acids is 1. The fraction of sp³-hybridized carbons (Fsp3) is 0.571. The van der Waals surface area contributed by atoms with Crippen molar-refractivity contribution >= 4 is 5.97 Å². The summed E-state index contributed by atoms with van der Waals surface area (Å²) < 4.78 is 5.17. The topological polar surface area (TPSA) is 53.0 Å². The fourth-order valence-corrected chi connectivity index (χ4v) is 4.21. The van der Waals surface area contributed by atoms with Crippen molar-refractivity contribution in [1.29, 1.82) is 0 Å². The largest absolute Gasteiger partial charge is 0.496 e. The van der Waals surface area contributed by atoms with Crippen LogP contribution in [0.5, 0.6) is 5.75 Å². The number of carboxylic acid groups (broad SMARTS) is 1. The van der Waals surface area contributed by atoms with E-state index in [1.165, 1.54) is 32.1 Å². The molecule has 2 bridgehead atoms. The summed E-state index contributed by atoms with van der Waals surface area (Å²) in [4.78, 5) is 16.6. The molecule has 3 fully saturated rings. The minimum absolute atomic E-state index is 0.243. The molecule has 1 N–H and O–H groups in total. The van der Waals surface area contributed by atoms with Crippen molar-refractivity contribution in [2.24, 2.45) is 5.92 Å². The number of hydrogen-bond donors (Lipinski definition) is 1. The highest BCUT2D eigenvalue weighted by atomic mass is 16.5. The molecule has 26 heavy (non-hydrogen) atoms. The zero-order chi connectivity index (χ0) is 18.7. The summed E-state index contributed by atoms with van der Waals surface area (Å²) in [6.45, 7) is 9.49. The number of carbonyl (C=O) groups is 1. The van der Waals surface area contributed by atoms with E-state index in [4.69, 9.17) is 4.74 Å². The van der Waals surface area contributed by atoms with Gasteiger partial charge in [0.15, 0.2) is 0 Å². The number of allylic oxidation sites excluding steroid dienone is 1. The number of benzene rings is 1. The van der Waals surface area contributed by atoms with E-state index in [0.717, 1.165) is 31.7 Å². The zero-order valence-corrected chi connectivity index (χ0v) is 16.1. The van der Waals surface area contributed by atoms with Gasteiger partial charge in [0.25, 0.3) is 0 Å². The third-order valence-electron chi connectivity index (χ3n) is 5.54. The first-order valence-corrected chi connectivity index (χ1v) is 9.46. The van der Waals surface area contributed by atoms with Crippen LogP contribution in [0.25, 0.3) is 0 Å². The van der Waals surface area contributed by atoms with Gasteiger partial charge in [-0.1, -0.05) is 17.7 Å². The average Bonchev–Trinajstić information content (AvgIpc) is 2.90. The second-order valence-electron chi connectivity index (χ2n) is 7.87. The molecule has 1 aromatic carbocycles. The maximum atomic E-state index is 11.5. The lowest BCUT2D eigenvalue weighted by Crippen LogP contribution is -2.43. The van der Waals surface area contributed by atoms with Crippen LogP contribution in [-0.2, 0) is 6.54 Å². The third kappa shape index (κ3) is 4.46. The highest BCUT2D eigenvalue weighted by molar-refractivity contribution is 5.91. The van der Waals surface area contributed by atoms with Crippen LogP contribution in [-0.4, -0.2) is 60.2 Å². The predicted octanol–water partition coefficient (Wildman–Crippen LogP) is 3.26. The molecular weight excluding hydrogens is 328 g/mol. The Morgan fingerprint density at radius 1 is 1.27 bits per heavy atom. The van der Waals surface area contributed by atoms with Gasteiger partial charge in [0.05, 0.1) is 7.11 Å². The quantitative estimate of drug-likeness (QED) is 0.791. The fourth-order valence-electron chi connectivity index (χ4n) is 4.21. The summed E-state index contributed by atoms with van der Waals surface area (Å²) in [6.07, 6.45) is 4.89. The second kappa shape index (κ2) is 8.23. The number of ether oxygens (including phenoxy) is 1. The molecule has 0 aromatic heterocycles. The Kier molecular flexibility index (Phi) is 5.99. The molecule has 142 valence electrons. The van der Waals surface area contributed by atoms with Crippen molar-refractivity contribution in [1.82, 2.24) is 9.80 Å². The number of piperidine rings is 1. The van der Waals surface area contributed by atoms with Gasteiger partial charge in [0.2, 0.25) is 0 Å². The van der Waals surface area contributed by atoms with Gasteiger partial charge < -0.3 is 9.84 Å². The molecule has 0 spiro atoms. The molecule has 3 aliphatic rings. The molecule has 5 nitrogen and oxygen atoms in total. The number of fused-ring (bicyclic) bond motifs is 4. The van der Waals surface area contributed by atoms with E-state index < -0.39 is 5.97 Å². The van der Waals surface area contributed by atoms with Crippen molar-refractivity contribution in [2.45, 2.75) is 39.3 Å². The first kappa shape index (κ1) is 18.9. The van der Waals surface area contributed by atoms with Crippen LogP contribution < -0.4 is 4.74 Å². The van der Waals surface area contributed by atoms with Crippen LogP contribution in [0.15, 0.2) is 29.8 Å². The maximum Gasteiger partial charge on any atom is 0.339 e. The van der Waals surface area contributed by atoms with Crippen molar-refractivity contribution in [2.75, 3.05) is 33.3 Å². The van der Waals surface area contributed by atoms with Crippen LogP contribution in [0.3, 0.4) is 0 Å². The lowest BCUT2D eigenvalue weighted by Gasteiger charge is -2.35. The van der Waals surface area contributed by atoms with Crippen LogP contribution in [0.1, 0.15) is 42.6 Å². The van der Waals surface area contributed by atoms with Gasteiger partial charge in [-0.3, -0.25) is 9.80 Å². The molecule has 3 heterocycles. The summed E-state index contributed by atoms with van der Waals surface area (Å²) in [5, 5.41) is 9.40. The Morgan fingerprint density at radius 3 is 2.77 bits per heavy atom. The number of hydrogen-bond acceptors (Lipinski definition) is 4. The Labute approximate surface area is 156 Å². The minimum atomic E-state index is -0.937. The molecule has 0 saturated carbocycles. The van der Waals surface area contributed by atoms with Crippen LogP contribution in [0, 0.1) is 5.92 Å². The van der Waals surface area contributed by atoms with Gasteiger partial charge in [0.1, 0.15) is 11.3 Å². The number of methoxy groups -OCH3 is 1. The second-order valence-corrected chi connectivity index (χ2v) is 7.87. The van der Waals surface area contributed by atoms with Gasteiger partial charge in [0, 0.05) is 38.8 Å². The molecule has 0 amide bonds. The molecule has 0 aliphatic carbocycles. The smallest absolute Gasteiger partial charge is 0.339 e. The van der Waals surface area contributed by atoms with E-state index in [0.29, 0.717) is 17.7 Å². The summed E-state index contributed by atoms with van der Waals surface area (Å²) in [5.74, 6) is 0.189. The zero-order valence-electron chi connectivity index (χ0n) is 16.1. The van der Waals surface area contributed by atoms with Gasteiger partial charge in [-0.05, 0) is 50.3 Å². The van der Waals surface area contributed by atoms with Crippen LogP contribution in [0.2, 0.25) is 0 Å². The van der Waals surface area contributed by atoms with Crippen LogP contribution in [0.4, 0.5) is 0 Å². The summed E-state index contributed by atoms with van der Waals surface area (Å²) >= 11 is 0. The van der Waals surface area contributed by atoms with Crippen LogP contribution >= 0.6 is 0 Å². The minimum Gasteiger partial charge on any atom is -0.496 e. The number of nitrogens with zero attached hydrogens (tertiary/aromatic N) is 2. The van der Waals surface area contributed by atoms with E-state index in [1.807, 2.05) is 6.07 Å². The Morgan fingerprint density at radius 2 is 2.08 bits per heavy atom. The van der Waals surface area contributed by atoms with Gasteiger partial charge in [-0.25, -0.2) is 4.79 Å². The molecule has 2 atom stereocenters. The lowest BCUT2D eigenvalue weighted by atomic mass is 9.95.